The first-order valence-corrected chi connectivity index (χ1v) is 10.2. The molecule has 1 saturated heterocycles. The summed E-state index contributed by atoms with van der Waals surface area (Å²) >= 11 is 1.25. The van der Waals surface area contributed by atoms with Crippen molar-refractivity contribution < 1.29 is 24.2 Å². The van der Waals surface area contributed by atoms with Gasteiger partial charge in [-0.15, -0.1) is 0 Å². The number of carbonyl (C=O) groups is 2. The second-order valence-corrected chi connectivity index (χ2v) is 7.31. The summed E-state index contributed by atoms with van der Waals surface area (Å²) in [4.78, 5) is 30.9. The van der Waals surface area contributed by atoms with E-state index in [9.17, 15) is 14.7 Å². The standard InChI is InChI=1S/C22H22N2O5S/c1-4-28-18-12-14(6-11-17(18)25)13-19-20(26)24(3)22(30-19)23-16-9-7-15(8-10-16)21(27)29-5-2/h6-13,25H,4-5H2,1-3H3. The first-order chi connectivity index (χ1) is 14.4. The van der Waals surface area contributed by atoms with Crippen LogP contribution in [0.3, 0.4) is 0 Å². The summed E-state index contributed by atoms with van der Waals surface area (Å²) in [5, 5.41) is 10.4. The predicted octanol–water partition coefficient (Wildman–Crippen LogP) is 4.20. The number of hydrogen-bond acceptors (Lipinski definition) is 7. The Bertz CT molecular complexity index is 1010. The van der Waals surface area contributed by atoms with Crippen LogP contribution in [0, 0.1) is 0 Å². The molecule has 0 saturated carbocycles. The topological polar surface area (TPSA) is 88.4 Å². The monoisotopic (exact) mass is 426 g/mol. The van der Waals surface area contributed by atoms with E-state index in [1.807, 2.05) is 6.92 Å². The van der Waals surface area contributed by atoms with Gasteiger partial charge in [-0.3, -0.25) is 9.69 Å². The van der Waals surface area contributed by atoms with E-state index >= 15 is 0 Å². The highest BCUT2D eigenvalue weighted by atomic mass is 32.2. The average Bonchev–Trinajstić information content (AvgIpc) is 2.99. The number of amides is 1. The van der Waals surface area contributed by atoms with E-state index in [-0.39, 0.29) is 17.6 Å². The Hall–Kier alpha value is -3.26. The van der Waals surface area contributed by atoms with Gasteiger partial charge in [-0.2, -0.15) is 0 Å². The highest BCUT2D eigenvalue weighted by Crippen LogP contribution is 2.35. The SMILES string of the molecule is CCOC(=O)c1ccc(N=C2SC(=Cc3ccc(O)c(OCC)c3)C(=O)N2C)cc1. The van der Waals surface area contributed by atoms with Gasteiger partial charge in [-0.1, -0.05) is 6.07 Å². The molecule has 1 heterocycles. The minimum Gasteiger partial charge on any atom is -0.504 e. The third-order valence-corrected chi connectivity index (χ3v) is 5.25. The van der Waals surface area contributed by atoms with E-state index in [2.05, 4.69) is 4.99 Å². The highest BCUT2D eigenvalue weighted by Gasteiger charge is 2.30. The number of rotatable bonds is 6. The van der Waals surface area contributed by atoms with Crippen LogP contribution in [0.4, 0.5) is 5.69 Å². The van der Waals surface area contributed by atoms with Crippen molar-refractivity contribution in [1.82, 2.24) is 4.90 Å². The van der Waals surface area contributed by atoms with E-state index < -0.39 is 0 Å². The number of ether oxygens (including phenoxy) is 2. The minimum absolute atomic E-state index is 0.0510. The Morgan fingerprint density at radius 3 is 2.57 bits per heavy atom. The number of phenols is 1. The number of aromatic hydroxyl groups is 1. The molecule has 2 aromatic rings. The Balaban J connectivity index is 1.81. The molecule has 1 amide bonds. The van der Waals surface area contributed by atoms with Gasteiger partial charge in [-0.25, -0.2) is 9.79 Å². The number of benzene rings is 2. The number of phenolic OH excluding ortho intramolecular Hbond substituents is 1. The fraction of sp³-hybridized carbons (Fsp3) is 0.227. The van der Waals surface area contributed by atoms with Gasteiger partial charge in [0.1, 0.15) is 0 Å². The molecule has 0 spiro atoms. The molecule has 0 unspecified atom stereocenters. The van der Waals surface area contributed by atoms with Crippen LogP contribution >= 0.6 is 11.8 Å². The fourth-order valence-corrected chi connectivity index (χ4v) is 3.68. The summed E-state index contributed by atoms with van der Waals surface area (Å²) < 4.78 is 10.4. The number of nitrogens with zero attached hydrogens (tertiary/aromatic N) is 2. The summed E-state index contributed by atoms with van der Waals surface area (Å²) in [7, 11) is 1.66. The van der Waals surface area contributed by atoms with Gasteiger partial charge >= 0.3 is 5.97 Å². The van der Waals surface area contributed by atoms with Crippen LogP contribution < -0.4 is 4.74 Å². The van der Waals surface area contributed by atoms with Gasteiger partial charge in [0, 0.05) is 7.05 Å². The van der Waals surface area contributed by atoms with Gasteiger partial charge < -0.3 is 14.6 Å². The number of esters is 1. The van der Waals surface area contributed by atoms with E-state index in [0.29, 0.717) is 40.3 Å². The van der Waals surface area contributed by atoms with Crippen LogP contribution in [-0.2, 0) is 9.53 Å². The second-order valence-electron chi connectivity index (χ2n) is 6.30. The molecule has 156 valence electrons. The van der Waals surface area contributed by atoms with Crippen molar-refractivity contribution in [3.05, 3.63) is 58.5 Å². The number of aliphatic imine (C=N–C) groups is 1. The molecule has 2 aromatic carbocycles. The van der Waals surface area contributed by atoms with Crippen molar-refractivity contribution in [1.29, 1.82) is 0 Å². The van der Waals surface area contributed by atoms with Crippen molar-refractivity contribution in [3.63, 3.8) is 0 Å². The third-order valence-electron chi connectivity index (χ3n) is 4.19. The van der Waals surface area contributed by atoms with Crippen LogP contribution in [-0.4, -0.2) is 47.3 Å². The first kappa shape index (κ1) is 21.4. The van der Waals surface area contributed by atoms with Crippen LogP contribution in [0.25, 0.3) is 6.08 Å². The molecule has 1 aliphatic heterocycles. The average molecular weight is 426 g/mol. The summed E-state index contributed by atoms with van der Waals surface area (Å²) in [6, 6.07) is 11.6. The number of amidine groups is 1. The van der Waals surface area contributed by atoms with Crippen LogP contribution in [0.15, 0.2) is 52.4 Å². The molecule has 30 heavy (non-hydrogen) atoms. The maximum Gasteiger partial charge on any atom is 0.338 e. The first-order valence-electron chi connectivity index (χ1n) is 9.42. The van der Waals surface area contributed by atoms with Crippen LogP contribution in [0.5, 0.6) is 11.5 Å². The molecule has 1 aliphatic rings. The fourth-order valence-electron chi connectivity index (χ4n) is 2.69. The zero-order valence-electron chi connectivity index (χ0n) is 16.9. The zero-order chi connectivity index (χ0) is 21.7. The number of likely N-dealkylation sites (N-methyl/N-ethyl adjacent to an activating group) is 1. The second kappa shape index (κ2) is 9.49. The molecule has 0 aliphatic carbocycles. The molecule has 1 N–H and O–H groups in total. The number of carbonyl (C=O) groups excluding carboxylic acids is 2. The summed E-state index contributed by atoms with van der Waals surface area (Å²) in [5.74, 6) is -0.140. The van der Waals surface area contributed by atoms with Gasteiger partial charge in [0.05, 0.1) is 29.4 Å². The Labute approximate surface area is 179 Å². The van der Waals surface area contributed by atoms with Gasteiger partial charge in [-0.05, 0) is 73.6 Å². The third kappa shape index (κ3) is 4.83. The van der Waals surface area contributed by atoms with E-state index in [4.69, 9.17) is 9.47 Å². The van der Waals surface area contributed by atoms with Gasteiger partial charge in [0.2, 0.25) is 0 Å². The lowest BCUT2D eigenvalue weighted by Crippen LogP contribution is -2.23. The largest absolute Gasteiger partial charge is 0.504 e. The zero-order valence-corrected chi connectivity index (χ0v) is 17.7. The van der Waals surface area contributed by atoms with Crippen molar-refractivity contribution >= 4 is 40.6 Å². The lowest BCUT2D eigenvalue weighted by Gasteiger charge is -2.07. The molecular weight excluding hydrogens is 404 g/mol. The van der Waals surface area contributed by atoms with E-state index in [1.165, 1.54) is 22.7 Å². The lowest BCUT2D eigenvalue weighted by atomic mass is 10.2. The number of thioether (sulfide) groups is 1. The Morgan fingerprint density at radius 1 is 1.17 bits per heavy atom. The Kier molecular flexibility index (Phi) is 6.79. The smallest absolute Gasteiger partial charge is 0.338 e. The highest BCUT2D eigenvalue weighted by molar-refractivity contribution is 8.18. The maximum absolute atomic E-state index is 12.6. The molecule has 7 nitrogen and oxygen atoms in total. The molecule has 8 heteroatoms. The summed E-state index contributed by atoms with van der Waals surface area (Å²) in [6.07, 6.45) is 1.73. The summed E-state index contributed by atoms with van der Waals surface area (Å²) in [6.45, 7) is 4.33. The van der Waals surface area contributed by atoms with Crippen molar-refractivity contribution in [2.75, 3.05) is 20.3 Å². The van der Waals surface area contributed by atoms with Gasteiger partial charge in [0.25, 0.3) is 5.91 Å². The van der Waals surface area contributed by atoms with E-state index in [1.54, 1.807) is 56.4 Å². The molecule has 0 atom stereocenters. The van der Waals surface area contributed by atoms with Crippen LogP contribution in [0.2, 0.25) is 0 Å². The quantitative estimate of drug-likeness (QED) is 0.550. The number of hydrogen-bond donors (Lipinski definition) is 1. The predicted molar refractivity (Wildman–Crippen MR) is 117 cm³/mol. The van der Waals surface area contributed by atoms with Crippen molar-refractivity contribution in [3.8, 4) is 11.5 Å². The molecule has 0 bridgehead atoms. The van der Waals surface area contributed by atoms with E-state index in [0.717, 1.165) is 5.56 Å². The molecule has 3 rings (SSSR count). The maximum atomic E-state index is 12.6. The Morgan fingerprint density at radius 2 is 1.90 bits per heavy atom. The minimum atomic E-state index is -0.384. The lowest BCUT2D eigenvalue weighted by molar-refractivity contribution is -0.121. The molecule has 0 radical (unpaired) electrons. The van der Waals surface area contributed by atoms with Gasteiger partial charge in [0.15, 0.2) is 16.7 Å². The van der Waals surface area contributed by atoms with Crippen molar-refractivity contribution in [2.24, 2.45) is 4.99 Å². The molecular formula is C22H22N2O5S. The molecule has 0 aromatic heterocycles. The van der Waals surface area contributed by atoms with Crippen LogP contribution in [0.1, 0.15) is 29.8 Å². The summed E-state index contributed by atoms with van der Waals surface area (Å²) in [5.41, 5.74) is 1.80. The normalized spacial score (nSPS) is 16.4. The van der Waals surface area contributed by atoms with Crippen molar-refractivity contribution in [2.45, 2.75) is 13.8 Å². The molecule has 1 fully saturated rings.